The Morgan fingerprint density at radius 1 is 1.31 bits per heavy atom. The van der Waals surface area contributed by atoms with Crippen LogP contribution in [0.25, 0.3) is 0 Å². The number of carbonyl (C=O) groups is 1. The quantitative estimate of drug-likeness (QED) is 0.795. The van der Waals surface area contributed by atoms with Crippen LogP contribution in [0.3, 0.4) is 0 Å². The molecule has 2 heterocycles. The molecule has 0 saturated carbocycles. The van der Waals surface area contributed by atoms with Crippen molar-refractivity contribution in [3.63, 3.8) is 0 Å². The van der Waals surface area contributed by atoms with Crippen LogP contribution in [0.2, 0.25) is 0 Å². The molecule has 2 aromatic rings. The number of piperidine rings is 1. The summed E-state index contributed by atoms with van der Waals surface area (Å²) >= 11 is 0. The Balaban J connectivity index is 1.46. The van der Waals surface area contributed by atoms with Crippen LogP contribution in [0.4, 0.5) is 0 Å². The molecule has 0 aliphatic carbocycles. The van der Waals surface area contributed by atoms with Gasteiger partial charge in [-0.05, 0) is 38.0 Å². The van der Waals surface area contributed by atoms with E-state index in [9.17, 15) is 9.90 Å². The zero-order chi connectivity index (χ0) is 18.4. The monoisotopic (exact) mass is 358 g/mol. The number of nitrogens with one attached hydrogen (secondary N) is 1. The molecule has 1 aromatic heterocycles. The summed E-state index contributed by atoms with van der Waals surface area (Å²) < 4.78 is 11.3. The van der Waals surface area contributed by atoms with Crippen molar-refractivity contribution in [2.75, 3.05) is 26.2 Å². The first-order valence-corrected chi connectivity index (χ1v) is 9.07. The van der Waals surface area contributed by atoms with Crippen LogP contribution in [0, 0.1) is 6.92 Å². The molecule has 140 valence electrons. The molecule has 0 bridgehead atoms. The van der Waals surface area contributed by atoms with E-state index in [4.69, 9.17) is 9.15 Å². The van der Waals surface area contributed by atoms with Gasteiger partial charge in [-0.2, -0.15) is 0 Å². The van der Waals surface area contributed by atoms with Gasteiger partial charge >= 0.3 is 0 Å². The van der Waals surface area contributed by atoms with Gasteiger partial charge in [-0.15, -0.1) is 0 Å². The highest BCUT2D eigenvalue weighted by Gasteiger charge is 2.18. The second-order valence-electron chi connectivity index (χ2n) is 6.66. The van der Waals surface area contributed by atoms with E-state index < -0.39 is 0 Å². The normalized spacial score (nSPS) is 15.8. The molecule has 2 N–H and O–H groups in total. The lowest BCUT2D eigenvalue weighted by Gasteiger charge is -2.29. The van der Waals surface area contributed by atoms with Gasteiger partial charge in [0.15, 0.2) is 5.76 Å². The van der Waals surface area contributed by atoms with Gasteiger partial charge in [0.25, 0.3) is 5.91 Å². The predicted octanol–water partition coefficient (Wildman–Crippen LogP) is 2.35. The minimum absolute atomic E-state index is 0.178. The number of aliphatic hydroxyl groups is 1. The zero-order valence-electron chi connectivity index (χ0n) is 15.1. The van der Waals surface area contributed by atoms with E-state index in [1.54, 1.807) is 0 Å². The van der Waals surface area contributed by atoms with E-state index in [2.05, 4.69) is 10.2 Å². The second-order valence-corrected chi connectivity index (χ2v) is 6.66. The molecule has 1 saturated heterocycles. The number of aliphatic hydroxyl groups excluding tert-OH is 1. The molecule has 0 radical (unpaired) electrons. The van der Waals surface area contributed by atoms with Gasteiger partial charge in [0, 0.05) is 31.7 Å². The van der Waals surface area contributed by atoms with Crippen molar-refractivity contribution in [3.05, 3.63) is 53.5 Å². The minimum atomic E-state index is -0.203. The third-order valence-corrected chi connectivity index (χ3v) is 4.57. The van der Waals surface area contributed by atoms with Crippen LogP contribution in [0.1, 0.15) is 34.7 Å². The third-order valence-electron chi connectivity index (χ3n) is 4.57. The topological polar surface area (TPSA) is 74.9 Å². The number of benzene rings is 1. The van der Waals surface area contributed by atoms with Crippen molar-refractivity contribution >= 4 is 5.91 Å². The first-order valence-electron chi connectivity index (χ1n) is 9.07. The molecule has 3 rings (SSSR count). The Kier molecular flexibility index (Phi) is 6.30. The zero-order valence-corrected chi connectivity index (χ0v) is 15.1. The molecule has 1 aromatic carbocycles. The number of likely N-dealkylation sites (tertiary alicyclic amines) is 1. The largest absolute Gasteiger partial charge is 0.486 e. The van der Waals surface area contributed by atoms with Crippen LogP contribution in [0.5, 0.6) is 5.75 Å². The van der Waals surface area contributed by atoms with Gasteiger partial charge < -0.3 is 24.5 Å². The van der Waals surface area contributed by atoms with E-state index in [1.165, 1.54) is 0 Å². The lowest BCUT2D eigenvalue weighted by molar-refractivity contribution is 0.0797. The molecule has 0 spiro atoms. The SMILES string of the molecule is Cc1cc(COc2ccccc2)oc1C(=O)NCCN1CCC(O)CC1. The molecule has 1 amide bonds. The van der Waals surface area contributed by atoms with E-state index in [0.29, 0.717) is 18.1 Å². The minimum Gasteiger partial charge on any atom is -0.486 e. The maximum Gasteiger partial charge on any atom is 0.287 e. The van der Waals surface area contributed by atoms with Gasteiger partial charge in [-0.3, -0.25) is 4.79 Å². The molecular weight excluding hydrogens is 332 g/mol. The highest BCUT2D eigenvalue weighted by atomic mass is 16.5. The second kappa shape index (κ2) is 8.87. The summed E-state index contributed by atoms with van der Waals surface area (Å²) in [5.74, 6) is 1.52. The highest BCUT2D eigenvalue weighted by Crippen LogP contribution is 2.17. The van der Waals surface area contributed by atoms with Gasteiger partial charge in [-0.1, -0.05) is 18.2 Å². The molecular formula is C20H26N2O4. The number of furan rings is 1. The third kappa shape index (κ3) is 5.09. The van der Waals surface area contributed by atoms with E-state index in [0.717, 1.165) is 43.8 Å². The van der Waals surface area contributed by atoms with Gasteiger partial charge in [0.05, 0.1) is 6.10 Å². The summed E-state index contributed by atoms with van der Waals surface area (Å²) in [6, 6.07) is 11.3. The number of aryl methyl sites for hydroxylation is 1. The van der Waals surface area contributed by atoms with Crippen molar-refractivity contribution in [2.45, 2.75) is 32.5 Å². The lowest BCUT2D eigenvalue weighted by atomic mass is 10.1. The van der Waals surface area contributed by atoms with Crippen LogP contribution < -0.4 is 10.1 Å². The average molecular weight is 358 g/mol. The van der Waals surface area contributed by atoms with Crippen molar-refractivity contribution in [3.8, 4) is 5.75 Å². The Bertz CT molecular complexity index is 706. The van der Waals surface area contributed by atoms with E-state index in [1.807, 2.05) is 43.3 Å². The first-order chi connectivity index (χ1) is 12.6. The maximum absolute atomic E-state index is 12.3. The predicted molar refractivity (Wildman–Crippen MR) is 98.2 cm³/mol. The summed E-state index contributed by atoms with van der Waals surface area (Å²) in [6.45, 7) is 5.23. The van der Waals surface area contributed by atoms with Crippen LogP contribution >= 0.6 is 0 Å². The smallest absolute Gasteiger partial charge is 0.287 e. The fraction of sp³-hybridized carbons (Fsp3) is 0.450. The molecule has 1 aliphatic rings. The number of nitrogens with zero attached hydrogens (tertiary/aromatic N) is 1. The summed E-state index contributed by atoms with van der Waals surface area (Å²) in [6.07, 6.45) is 1.43. The number of para-hydroxylation sites is 1. The van der Waals surface area contributed by atoms with Crippen molar-refractivity contribution < 1.29 is 19.1 Å². The number of rotatable bonds is 7. The first kappa shape index (κ1) is 18.5. The lowest BCUT2D eigenvalue weighted by Crippen LogP contribution is -2.40. The summed E-state index contributed by atoms with van der Waals surface area (Å²) in [5, 5.41) is 12.4. The fourth-order valence-electron chi connectivity index (χ4n) is 3.07. The van der Waals surface area contributed by atoms with Gasteiger partial charge in [0.1, 0.15) is 18.1 Å². The van der Waals surface area contributed by atoms with Gasteiger partial charge in [0.2, 0.25) is 0 Å². The standard InChI is InChI=1S/C20H26N2O4/c1-15-13-18(14-25-17-5-3-2-4-6-17)26-19(15)20(24)21-9-12-22-10-7-16(23)8-11-22/h2-6,13,16,23H,7-12,14H2,1H3,(H,21,24). The number of hydrogen-bond donors (Lipinski definition) is 2. The number of carbonyl (C=O) groups excluding carboxylic acids is 1. The molecule has 1 fully saturated rings. The highest BCUT2D eigenvalue weighted by molar-refractivity contribution is 5.92. The molecule has 6 nitrogen and oxygen atoms in total. The van der Waals surface area contributed by atoms with E-state index in [-0.39, 0.29) is 18.6 Å². The molecule has 0 unspecified atom stereocenters. The number of ether oxygens (including phenoxy) is 1. The molecule has 1 aliphatic heterocycles. The average Bonchev–Trinajstić information content (AvgIpc) is 3.03. The van der Waals surface area contributed by atoms with Crippen molar-refractivity contribution in [2.24, 2.45) is 0 Å². The van der Waals surface area contributed by atoms with Crippen molar-refractivity contribution in [1.82, 2.24) is 10.2 Å². The molecule has 26 heavy (non-hydrogen) atoms. The Morgan fingerprint density at radius 2 is 2.04 bits per heavy atom. The fourth-order valence-corrected chi connectivity index (χ4v) is 3.07. The summed E-state index contributed by atoms with van der Waals surface area (Å²) in [7, 11) is 0. The maximum atomic E-state index is 12.3. The number of hydrogen-bond acceptors (Lipinski definition) is 5. The Labute approximate surface area is 153 Å². The van der Waals surface area contributed by atoms with Crippen LogP contribution in [0.15, 0.2) is 40.8 Å². The Hall–Kier alpha value is -2.31. The Morgan fingerprint density at radius 3 is 2.77 bits per heavy atom. The summed E-state index contributed by atoms with van der Waals surface area (Å²) in [5.41, 5.74) is 0.801. The van der Waals surface area contributed by atoms with Crippen LogP contribution in [-0.4, -0.2) is 48.2 Å². The van der Waals surface area contributed by atoms with E-state index >= 15 is 0 Å². The molecule has 6 heteroatoms. The van der Waals surface area contributed by atoms with Gasteiger partial charge in [-0.25, -0.2) is 0 Å². The van der Waals surface area contributed by atoms with Crippen LogP contribution in [-0.2, 0) is 6.61 Å². The number of amides is 1. The summed E-state index contributed by atoms with van der Waals surface area (Å²) in [4.78, 5) is 14.6. The van der Waals surface area contributed by atoms with Crippen molar-refractivity contribution in [1.29, 1.82) is 0 Å². The molecule has 0 atom stereocenters.